The molecule has 192 valence electrons. The highest BCUT2D eigenvalue weighted by Gasteiger charge is 2.31. The van der Waals surface area contributed by atoms with Crippen LogP contribution in [0.2, 0.25) is 0 Å². The standard InChI is InChI=1S/C24H32BN5O6/c31-22(28-14-18-9-12-36-16-18)13-19(29-24(33)20-15-26-10-11-27-20)23(32)30-21(25(34)35)8-4-7-17-5-2-1-3-6-17/h1-3,5-6,10-11,15,18-19,21,34-35H,4,7-9,12-14,16H2,(H,28,31)(H,29,33)(H,30,32)/t18-,19?,21?/m1/s1. The van der Waals surface area contributed by atoms with Gasteiger partial charge in [-0.3, -0.25) is 19.4 Å². The summed E-state index contributed by atoms with van der Waals surface area (Å²) in [6.45, 7) is 1.62. The Bertz CT molecular complexity index is 975. The molecule has 0 aliphatic carbocycles. The molecular formula is C24H32BN5O6. The van der Waals surface area contributed by atoms with Gasteiger partial charge in [-0.15, -0.1) is 0 Å². The number of benzene rings is 1. The average molecular weight is 497 g/mol. The van der Waals surface area contributed by atoms with Crippen LogP contribution in [-0.4, -0.2) is 76.6 Å². The largest absolute Gasteiger partial charge is 0.475 e. The second-order valence-corrected chi connectivity index (χ2v) is 8.76. The number of aromatic nitrogens is 2. The van der Waals surface area contributed by atoms with Crippen LogP contribution in [0, 0.1) is 5.92 Å². The first-order chi connectivity index (χ1) is 17.4. The number of nitrogens with one attached hydrogen (secondary N) is 3. The first kappa shape index (κ1) is 27.2. The Morgan fingerprint density at radius 2 is 1.94 bits per heavy atom. The molecular weight excluding hydrogens is 465 g/mol. The molecule has 0 spiro atoms. The summed E-state index contributed by atoms with van der Waals surface area (Å²) in [5.74, 6) is -2.58. The van der Waals surface area contributed by atoms with Crippen molar-refractivity contribution < 1.29 is 29.2 Å². The molecule has 2 aromatic rings. The molecule has 0 saturated carbocycles. The van der Waals surface area contributed by atoms with Gasteiger partial charge in [-0.25, -0.2) is 4.98 Å². The summed E-state index contributed by atoms with van der Waals surface area (Å²) in [5, 5.41) is 27.5. The lowest BCUT2D eigenvalue weighted by Gasteiger charge is -2.23. The quantitative estimate of drug-likeness (QED) is 0.234. The molecule has 1 fully saturated rings. The summed E-state index contributed by atoms with van der Waals surface area (Å²) in [6, 6.07) is 8.44. The third-order valence-electron chi connectivity index (χ3n) is 5.93. The number of ether oxygens (including phenoxy) is 1. The molecule has 1 aromatic heterocycles. The number of rotatable bonds is 13. The molecule has 2 unspecified atom stereocenters. The fraction of sp³-hybridized carbons (Fsp3) is 0.458. The summed E-state index contributed by atoms with van der Waals surface area (Å²) in [5.41, 5.74) is 1.08. The van der Waals surface area contributed by atoms with E-state index in [1.165, 1.54) is 18.6 Å². The van der Waals surface area contributed by atoms with Gasteiger partial charge in [0.25, 0.3) is 5.91 Å². The molecule has 3 atom stereocenters. The van der Waals surface area contributed by atoms with Crippen LogP contribution in [-0.2, 0) is 20.7 Å². The topological polar surface area (TPSA) is 163 Å². The molecule has 1 aliphatic rings. The predicted molar refractivity (Wildman–Crippen MR) is 131 cm³/mol. The first-order valence-electron chi connectivity index (χ1n) is 12.0. The van der Waals surface area contributed by atoms with Gasteiger partial charge in [-0.05, 0) is 31.2 Å². The van der Waals surface area contributed by atoms with Crippen molar-refractivity contribution in [3.05, 3.63) is 60.2 Å². The van der Waals surface area contributed by atoms with E-state index < -0.39 is 36.8 Å². The summed E-state index contributed by atoms with van der Waals surface area (Å²) in [4.78, 5) is 46.0. The van der Waals surface area contributed by atoms with Crippen LogP contribution < -0.4 is 16.0 Å². The molecule has 3 rings (SSSR count). The van der Waals surface area contributed by atoms with E-state index in [1.54, 1.807) is 0 Å². The van der Waals surface area contributed by atoms with Gasteiger partial charge >= 0.3 is 7.12 Å². The zero-order valence-electron chi connectivity index (χ0n) is 20.0. The van der Waals surface area contributed by atoms with Gasteiger partial charge in [-0.2, -0.15) is 0 Å². The predicted octanol–water partition coefficient (Wildman–Crippen LogP) is -0.362. The molecule has 36 heavy (non-hydrogen) atoms. The van der Waals surface area contributed by atoms with E-state index in [-0.39, 0.29) is 24.5 Å². The lowest BCUT2D eigenvalue weighted by atomic mass is 9.76. The van der Waals surface area contributed by atoms with Crippen molar-refractivity contribution in [3.63, 3.8) is 0 Å². The van der Waals surface area contributed by atoms with Gasteiger partial charge in [0.1, 0.15) is 11.7 Å². The monoisotopic (exact) mass is 497 g/mol. The maximum absolute atomic E-state index is 13.1. The second-order valence-electron chi connectivity index (χ2n) is 8.76. The summed E-state index contributed by atoms with van der Waals surface area (Å²) in [6.07, 6.45) is 6.07. The number of hydrogen-bond acceptors (Lipinski definition) is 8. The van der Waals surface area contributed by atoms with E-state index >= 15 is 0 Å². The number of aryl methyl sites for hydroxylation is 1. The summed E-state index contributed by atoms with van der Waals surface area (Å²) < 4.78 is 5.30. The highest BCUT2D eigenvalue weighted by atomic mass is 16.5. The van der Waals surface area contributed by atoms with Crippen molar-refractivity contribution in [2.75, 3.05) is 19.8 Å². The van der Waals surface area contributed by atoms with Crippen LogP contribution in [0.25, 0.3) is 0 Å². The number of amides is 3. The lowest BCUT2D eigenvalue weighted by Crippen LogP contribution is -2.55. The maximum Gasteiger partial charge on any atom is 0.475 e. The third-order valence-corrected chi connectivity index (χ3v) is 5.93. The van der Waals surface area contributed by atoms with E-state index in [0.29, 0.717) is 32.6 Å². The van der Waals surface area contributed by atoms with E-state index in [4.69, 9.17) is 4.74 Å². The Morgan fingerprint density at radius 1 is 1.14 bits per heavy atom. The van der Waals surface area contributed by atoms with Crippen molar-refractivity contribution in [2.45, 2.75) is 44.1 Å². The Morgan fingerprint density at radius 3 is 2.61 bits per heavy atom. The first-order valence-corrected chi connectivity index (χ1v) is 12.0. The molecule has 1 saturated heterocycles. The SMILES string of the molecule is O=C(CC(NC(=O)c1cnccn1)C(=O)NC(CCCc1ccccc1)B(O)O)NC[C@H]1CCOC1. The van der Waals surface area contributed by atoms with E-state index in [9.17, 15) is 24.4 Å². The number of carbonyl (C=O) groups excluding carboxylic acids is 3. The van der Waals surface area contributed by atoms with Crippen molar-refractivity contribution >= 4 is 24.8 Å². The van der Waals surface area contributed by atoms with Gasteiger partial charge in [0.2, 0.25) is 11.8 Å². The molecule has 0 radical (unpaired) electrons. The molecule has 5 N–H and O–H groups in total. The Kier molecular flexibility index (Phi) is 10.8. The van der Waals surface area contributed by atoms with Crippen LogP contribution in [0.3, 0.4) is 0 Å². The number of nitrogens with zero attached hydrogens (tertiary/aromatic N) is 2. The van der Waals surface area contributed by atoms with Gasteiger partial charge in [0.05, 0.1) is 25.2 Å². The fourth-order valence-electron chi connectivity index (χ4n) is 3.87. The number of hydrogen-bond donors (Lipinski definition) is 5. The molecule has 1 aromatic carbocycles. The molecule has 2 heterocycles. The van der Waals surface area contributed by atoms with Gasteiger partial charge < -0.3 is 30.7 Å². The fourth-order valence-corrected chi connectivity index (χ4v) is 3.87. The number of carbonyl (C=O) groups is 3. The van der Waals surface area contributed by atoms with Crippen LogP contribution in [0.4, 0.5) is 0 Å². The van der Waals surface area contributed by atoms with Crippen molar-refractivity contribution in [3.8, 4) is 0 Å². The maximum atomic E-state index is 13.1. The molecule has 11 nitrogen and oxygen atoms in total. The molecule has 1 aliphatic heterocycles. The minimum Gasteiger partial charge on any atom is -0.426 e. The van der Waals surface area contributed by atoms with Crippen LogP contribution in [0.5, 0.6) is 0 Å². The van der Waals surface area contributed by atoms with Crippen molar-refractivity contribution in [1.29, 1.82) is 0 Å². The van der Waals surface area contributed by atoms with Gasteiger partial charge in [0.15, 0.2) is 0 Å². The van der Waals surface area contributed by atoms with Crippen LogP contribution in [0.15, 0.2) is 48.9 Å². The zero-order valence-corrected chi connectivity index (χ0v) is 20.0. The van der Waals surface area contributed by atoms with Crippen molar-refractivity contribution in [1.82, 2.24) is 25.9 Å². The van der Waals surface area contributed by atoms with Gasteiger partial charge in [-0.1, -0.05) is 30.3 Å². The van der Waals surface area contributed by atoms with E-state index in [1.807, 2.05) is 30.3 Å². The smallest absolute Gasteiger partial charge is 0.426 e. The zero-order chi connectivity index (χ0) is 25.8. The summed E-state index contributed by atoms with van der Waals surface area (Å²) in [7, 11) is -1.81. The highest BCUT2D eigenvalue weighted by molar-refractivity contribution is 6.43. The third kappa shape index (κ3) is 9.02. The lowest BCUT2D eigenvalue weighted by molar-refractivity contribution is -0.128. The van der Waals surface area contributed by atoms with E-state index in [0.717, 1.165) is 12.0 Å². The Labute approximate surface area is 210 Å². The minimum atomic E-state index is -1.81. The summed E-state index contributed by atoms with van der Waals surface area (Å²) >= 11 is 0. The van der Waals surface area contributed by atoms with Gasteiger partial charge in [0, 0.05) is 31.5 Å². The second kappa shape index (κ2) is 14.3. The minimum absolute atomic E-state index is 0.0135. The average Bonchev–Trinajstić information content (AvgIpc) is 3.41. The normalized spacial score (nSPS) is 16.6. The Hall–Kier alpha value is -3.35. The molecule has 3 amide bonds. The van der Waals surface area contributed by atoms with E-state index in [2.05, 4.69) is 25.9 Å². The molecule has 12 heteroatoms. The van der Waals surface area contributed by atoms with Crippen LogP contribution in [0.1, 0.15) is 41.7 Å². The Balaban J connectivity index is 1.60. The van der Waals surface area contributed by atoms with Crippen molar-refractivity contribution in [2.24, 2.45) is 5.92 Å². The molecule has 0 bridgehead atoms. The van der Waals surface area contributed by atoms with Crippen LogP contribution >= 0.6 is 0 Å². The highest BCUT2D eigenvalue weighted by Crippen LogP contribution is 2.11.